The van der Waals surface area contributed by atoms with Crippen LogP contribution >= 0.6 is 0 Å². The molecule has 0 bridgehead atoms. The average molecular weight is 484 g/mol. The summed E-state index contributed by atoms with van der Waals surface area (Å²) in [6.45, 7) is 5.16. The van der Waals surface area contributed by atoms with Gasteiger partial charge in [0.1, 0.15) is 6.54 Å². The summed E-state index contributed by atoms with van der Waals surface area (Å²) < 4.78 is 5.95. The highest BCUT2D eigenvalue weighted by atomic mass is 16.5. The molecule has 0 aromatic carbocycles. The van der Waals surface area contributed by atoms with Crippen LogP contribution in [0.3, 0.4) is 0 Å². The fourth-order valence-electron chi connectivity index (χ4n) is 4.60. The Balaban J connectivity index is 3.59. The Morgan fingerprint density at radius 1 is 0.735 bits per heavy atom. The zero-order valence-corrected chi connectivity index (χ0v) is 23.4. The van der Waals surface area contributed by atoms with Crippen LogP contribution in [0.2, 0.25) is 0 Å². The van der Waals surface area contributed by atoms with E-state index in [1.807, 2.05) is 21.1 Å². The molecule has 2 unspecified atom stereocenters. The quantitative estimate of drug-likeness (QED) is 0.0902. The second-order valence-electron chi connectivity index (χ2n) is 11.5. The molecule has 0 aromatic heterocycles. The van der Waals surface area contributed by atoms with Crippen molar-refractivity contribution in [2.24, 2.45) is 5.92 Å². The Bertz CT molecular complexity index is 501. The van der Waals surface area contributed by atoms with E-state index >= 15 is 0 Å². The van der Waals surface area contributed by atoms with Crippen LogP contribution in [-0.2, 0) is 14.3 Å². The molecule has 0 heterocycles. The number of hydrogen-bond donors (Lipinski definition) is 0. The minimum Gasteiger partial charge on any atom is -0.550 e. The van der Waals surface area contributed by atoms with Crippen LogP contribution in [0.4, 0.5) is 0 Å². The minimum absolute atomic E-state index is 0.237. The Morgan fingerprint density at radius 2 is 1.18 bits per heavy atom. The summed E-state index contributed by atoms with van der Waals surface area (Å²) in [5.74, 6) is -0.595. The number of rotatable bonds is 24. The first kappa shape index (κ1) is 32.9. The summed E-state index contributed by atoms with van der Waals surface area (Å²) in [6, 6.07) is 0. The second kappa shape index (κ2) is 21.2. The summed E-state index contributed by atoms with van der Waals surface area (Å²) >= 11 is 0. The lowest BCUT2D eigenvalue weighted by Gasteiger charge is -2.29. The number of carboxylic acids is 1. The molecular weight excluding hydrogens is 426 g/mol. The van der Waals surface area contributed by atoms with Gasteiger partial charge < -0.3 is 19.1 Å². The molecule has 0 radical (unpaired) electrons. The van der Waals surface area contributed by atoms with Gasteiger partial charge in [-0.1, -0.05) is 117 Å². The molecule has 0 fully saturated rings. The third-order valence-corrected chi connectivity index (χ3v) is 6.57. The molecule has 0 saturated carbocycles. The van der Waals surface area contributed by atoms with Crippen LogP contribution in [0.1, 0.15) is 136 Å². The van der Waals surface area contributed by atoms with Crippen molar-refractivity contribution >= 4 is 11.9 Å². The van der Waals surface area contributed by atoms with Crippen LogP contribution in [0, 0.1) is 5.92 Å². The molecule has 202 valence electrons. The number of ether oxygens (including phenoxy) is 1. The van der Waals surface area contributed by atoms with Gasteiger partial charge in [-0.3, -0.25) is 4.79 Å². The van der Waals surface area contributed by atoms with Crippen molar-refractivity contribution < 1.29 is 23.9 Å². The van der Waals surface area contributed by atoms with E-state index in [1.165, 1.54) is 89.9 Å². The van der Waals surface area contributed by atoms with Gasteiger partial charge in [-0.05, 0) is 12.3 Å². The summed E-state index contributed by atoms with van der Waals surface area (Å²) in [6.07, 6.45) is 21.7. The highest BCUT2D eigenvalue weighted by Gasteiger charge is 2.22. The maximum atomic E-state index is 12.1. The van der Waals surface area contributed by atoms with E-state index in [0.29, 0.717) is 17.4 Å². The van der Waals surface area contributed by atoms with Crippen molar-refractivity contribution in [3.05, 3.63) is 0 Å². The molecule has 34 heavy (non-hydrogen) atoms. The van der Waals surface area contributed by atoms with Gasteiger partial charge in [0.2, 0.25) is 0 Å². The van der Waals surface area contributed by atoms with E-state index in [-0.39, 0.29) is 12.4 Å². The molecule has 5 nitrogen and oxygen atoms in total. The molecule has 0 spiro atoms. The van der Waals surface area contributed by atoms with E-state index in [1.54, 1.807) is 0 Å². The molecule has 0 N–H and O–H groups in total. The van der Waals surface area contributed by atoms with E-state index in [4.69, 9.17) is 4.74 Å². The van der Waals surface area contributed by atoms with Crippen LogP contribution in [0.25, 0.3) is 0 Å². The van der Waals surface area contributed by atoms with Gasteiger partial charge in [-0.15, -0.1) is 0 Å². The Hall–Kier alpha value is -1.10. The molecule has 5 heteroatoms. The molecule has 0 saturated heterocycles. The Labute approximate surface area is 211 Å². The zero-order chi connectivity index (χ0) is 25.7. The number of carboxylic acid groups (broad SMARTS) is 1. The highest BCUT2D eigenvalue weighted by Crippen LogP contribution is 2.19. The van der Waals surface area contributed by atoms with Gasteiger partial charge in [-0.2, -0.15) is 0 Å². The number of hydrogen-bond acceptors (Lipinski definition) is 4. The predicted octanol–water partition coefficient (Wildman–Crippen LogP) is 6.42. The van der Waals surface area contributed by atoms with Crippen LogP contribution < -0.4 is 5.11 Å². The molecule has 0 aliphatic rings. The predicted molar refractivity (Wildman–Crippen MR) is 140 cm³/mol. The summed E-state index contributed by atoms with van der Waals surface area (Å²) in [7, 11) is 5.86. The SMILES string of the molecule is CCCCCCCCCCC(C)CCCCCCCCCC(=O)OC(CC(=O)[O-])C[N+](C)(C)C. The number of aliphatic carboxylic acids is 1. The molecule has 0 aliphatic carbocycles. The number of nitrogens with zero attached hydrogens (tertiary/aromatic N) is 1. The lowest BCUT2D eigenvalue weighted by atomic mass is 9.95. The van der Waals surface area contributed by atoms with Gasteiger partial charge in [0.25, 0.3) is 0 Å². The Morgan fingerprint density at radius 3 is 1.62 bits per heavy atom. The van der Waals surface area contributed by atoms with Gasteiger partial charge in [0.15, 0.2) is 6.10 Å². The van der Waals surface area contributed by atoms with Crippen molar-refractivity contribution in [3.63, 3.8) is 0 Å². The fraction of sp³-hybridized carbons (Fsp3) is 0.931. The highest BCUT2D eigenvalue weighted by molar-refractivity contribution is 5.70. The number of likely N-dealkylation sites (N-methyl/N-ethyl adjacent to an activating group) is 1. The number of carbonyl (C=O) groups excluding carboxylic acids is 2. The second-order valence-corrected chi connectivity index (χ2v) is 11.5. The van der Waals surface area contributed by atoms with Crippen LogP contribution in [0.15, 0.2) is 0 Å². The van der Waals surface area contributed by atoms with Crippen molar-refractivity contribution in [2.45, 2.75) is 142 Å². The maximum absolute atomic E-state index is 12.1. The topological polar surface area (TPSA) is 66.4 Å². The Kier molecular flexibility index (Phi) is 20.5. The third kappa shape index (κ3) is 24.0. The summed E-state index contributed by atoms with van der Waals surface area (Å²) in [4.78, 5) is 23.0. The van der Waals surface area contributed by atoms with E-state index in [2.05, 4.69) is 13.8 Å². The minimum atomic E-state index is -1.17. The number of esters is 1. The van der Waals surface area contributed by atoms with Gasteiger partial charge >= 0.3 is 5.97 Å². The molecule has 0 rings (SSSR count). The van der Waals surface area contributed by atoms with Crippen molar-refractivity contribution in [3.8, 4) is 0 Å². The smallest absolute Gasteiger partial charge is 0.306 e. The normalized spacial score (nSPS) is 13.6. The lowest BCUT2D eigenvalue weighted by Crippen LogP contribution is -2.45. The van der Waals surface area contributed by atoms with E-state index < -0.39 is 12.1 Å². The fourth-order valence-corrected chi connectivity index (χ4v) is 4.60. The third-order valence-electron chi connectivity index (χ3n) is 6.57. The molecular formula is C29H57NO4. The number of quaternary nitrogens is 1. The lowest BCUT2D eigenvalue weighted by molar-refractivity contribution is -0.873. The largest absolute Gasteiger partial charge is 0.550 e. The van der Waals surface area contributed by atoms with E-state index in [9.17, 15) is 14.7 Å². The van der Waals surface area contributed by atoms with Crippen LogP contribution in [-0.4, -0.2) is 50.2 Å². The monoisotopic (exact) mass is 483 g/mol. The number of unbranched alkanes of at least 4 members (excludes halogenated alkanes) is 13. The molecule has 2 atom stereocenters. The zero-order valence-electron chi connectivity index (χ0n) is 23.4. The average Bonchev–Trinajstić information content (AvgIpc) is 2.72. The van der Waals surface area contributed by atoms with E-state index in [0.717, 1.165) is 25.2 Å². The number of carbonyl (C=O) groups is 2. The summed E-state index contributed by atoms with van der Waals surface area (Å²) in [5, 5.41) is 10.9. The first-order valence-electron chi connectivity index (χ1n) is 14.3. The van der Waals surface area contributed by atoms with Gasteiger partial charge in [0.05, 0.1) is 21.1 Å². The molecule has 0 aromatic rings. The molecule has 0 amide bonds. The summed E-state index contributed by atoms with van der Waals surface area (Å²) in [5.41, 5.74) is 0. The van der Waals surface area contributed by atoms with Gasteiger partial charge in [0, 0.05) is 18.8 Å². The molecule has 0 aliphatic heterocycles. The van der Waals surface area contributed by atoms with Crippen molar-refractivity contribution in [1.29, 1.82) is 0 Å². The van der Waals surface area contributed by atoms with Gasteiger partial charge in [-0.25, -0.2) is 0 Å². The maximum Gasteiger partial charge on any atom is 0.306 e. The first-order chi connectivity index (χ1) is 16.1. The first-order valence-corrected chi connectivity index (χ1v) is 14.3. The van der Waals surface area contributed by atoms with Crippen molar-refractivity contribution in [1.82, 2.24) is 0 Å². The standard InChI is InChI=1S/C29H57NO4/c1-6-7-8-9-10-12-15-18-21-26(2)22-19-16-13-11-14-17-20-23-29(33)34-27(24-28(31)32)25-30(3,4)5/h26-27H,6-25H2,1-5H3. The van der Waals surface area contributed by atoms with Crippen molar-refractivity contribution in [2.75, 3.05) is 27.7 Å². The van der Waals surface area contributed by atoms with Crippen LogP contribution in [0.5, 0.6) is 0 Å².